The number of rotatable bonds is 7. The van der Waals surface area contributed by atoms with Gasteiger partial charge in [-0.15, -0.1) is 0 Å². The molecule has 96 valence electrons. The lowest BCUT2D eigenvalue weighted by Crippen LogP contribution is -2.36. The van der Waals surface area contributed by atoms with Crippen molar-refractivity contribution in [1.29, 1.82) is 0 Å². The smallest absolute Gasteiger partial charge is 0.0897 e. The predicted molar refractivity (Wildman–Crippen MR) is 66.6 cm³/mol. The first kappa shape index (κ1) is 13.9. The third-order valence-corrected chi connectivity index (χ3v) is 3.39. The van der Waals surface area contributed by atoms with Crippen LogP contribution in [-0.2, 0) is 4.74 Å². The van der Waals surface area contributed by atoms with E-state index in [1.165, 1.54) is 32.1 Å². The Kier molecular flexibility index (Phi) is 7.01. The quantitative estimate of drug-likeness (QED) is 0.702. The van der Waals surface area contributed by atoms with Crippen molar-refractivity contribution in [3.63, 3.8) is 0 Å². The second-order valence-corrected chi connectivity index (χ2v) is 4.96. The van der Waals surface area contributed by atoms with Crippen LogP contribution in [0.1, 0.15) is 52.4 Å². The summed E-state index contributed by atoms with van der Waals surface area (Å²) in [7, 11) is 0. The van der Waals surface area contributed by atoms with Crippen molar-refractivity contribution in [2.24, 2.45) is 0 Å². The minimum Gasteiger partial charge on any atom is -0.389 e. The van der Waals surface area contributed by atoms with Crippen molar-refractivity contribution in [2.45, 2.75) is 70.6 Å². The predicted octanol–water partition coefficient (Wildman–Crippen LogP) is 2.08. The molecule has 1 aliphatic rings. The van der Waals surface area contributed by atoms with Crippen molar-refractivity contribution in [1.82, 2.24) is 5.32 Å². The Bertz CT molecular complexity index is 169. The van der Waals surface area contributed by atoms with Gasteiger partial charge in [0.15, 0.2) is 0 Å². The Morgan fingerprint density at radius 2 is 2.00 bits per heavy atom. The topological polar surface area (TPSA) is 41.5 Å². The molecule has 0 aliphatic heterocycles. The summed E-state index contributed by atoms with van der Waals surface area (Å²) in [5, 5.41) is 13.0. The highest BCUT2D eigenvalue weighted by Crippen LogP contribution is 2.20. The van der Waals surface area contributed by atoms with E-state index in [0.29, 0.717) is 25.3 Å². The van der Waals surface area contributed by atoms with Gasteiger partial charge in [0.25, 0.3) is 0 Å². The van der Waals surface area contributed by atoms with Crippen molar-refractivity contribution >= 4 is 0 Å². The van der Waals surface area contributed by atoms with Gasteiger partial charge in [0.1, 0.15) is 0 Å². The fraction of sp³-hybridized carbons (Fsp3) is 1.00. The highest BCUT2D eigenvalue weighted by Gasteiger charge is 2.15. The maximum atomic E-state index is 9.74. The van der Waals surface area contributed by atoms with Crippen LogP contribution in [0, 0.1) is 0 Å². The fourth-order valence-electron chi connectivity index (χ4n) is 2.02. The van der Waals surface area contributed by atoms with Crippen LogP contribution >= 0.6 is 0 Å². The van der Waals surface area contributed by atoms with Crippen LogP contribution in [0.15, 0.2) is 0 Å². The maximum Gasteiger partial charge on any atom is 0.0897 e. The van der Waals surface area contributed by atoms with Crippen molar-refractivity contribution in [2.75, 3.05) is 13.2 Å². The molecule has 0 radical (unpaired) electrons. The molecule has 1 rings (SSSR count). The average molecular weight is 229 g/mol. The monoisotopic (exact) mass is 229 g/mol. The molecule has 1 aliphatic carbocycles. The Morgan fingerprint density at radius 3 is 2.62 bits per heavy atom. The minimum atomic E-state index is -0.365. The van der Waals surface area contributed by atoms with Crippen LogP contribution in [0.3, 0.4) is 0 Å². The Morgan fingerprint density at radius 1 is 1.31 bits per heavy atom. The van der Waals surface area contributed by atoms with E-state index in [0.717, 1.165) is 6.42 Å². The lowest BCUT2D eigenvalue weighted by molar-refractivity contribution is -0.0235. The van der Waals surface area contributed by atoms with Crippen LogP contribution in [0.25, 0.3) is 0 Å². The summed E-state index contributed by atoms with van der Waals surface area (Å²) in [4.78, 5) is 0. The molecule has 1 fully saturated rings. The second kappa shape index (κ2) is 8.04. The first-order chi connectivity index (χ1) is 7.72. The zero-order valence-electron chi connectivity index (χ0n) is 10.7. The van der Waals surface area contributed by atoms with Gasteiger partial charge < -0.3 is 15.2 Å². The number of hydrogen-bond donors (Lipinski definition) is 2. The first-order valence-electron chi connectivity index (χ1n) is 6.75. The summed E-state index contributed by atoms with van der Waals surface area (Å²) >= 11 is 0. The average Bonchev–Trinajstić information content (AvgIpc) is 2.34. The molecule has 2 N–H and O–H groups in total. The third-order valence-electron chi connectivity index (χ3n) is 3.39. The molecule has 0 aromatic rings. The normalized spacial score (nSPS) is 21.9. The Balaban J connectivity index is 2.02. The lowest BCUT2D eigenvalue weighted by Gasteiger charge is -2.24. The molecule has 2 atom stereocenters. The van der Waals surface area contributed by atoms with E-state index >= 15 is 0 Å². The molecule has 16 heavy (non-hydrogen) atoms. The van der Waals surface area contributed by atoms with E-state index in [9.17, 15) is 5.11 Å². The van der Waals surface area contributed by atoms with Gasteiger partial charge in [0, 0.05) is 12.6 Å². The SMILES string of the molecule is CCC(C)NCC(O)COC1CCCCC1. The highest BCUT2D eigenvalue weighted by molar-refractivity contribution is 4.68. The molecular weight excluding hydrogens is 202 g/mol. The van der Waals surface area contributed by atoms with Gasteiger partial charge in [0.2, 0.25) is 0 Å². The van der Waals surface area contributed by atoms with Gasteiger partial charge in [-0.05, 0) is 26.2 Å². The number of aliphatic hydroxyl groups is 1. The molecule has 1 saturated carbocycles. The lowest BCUT2D eigenvalue weighted by atomic mass is 9.98. The van der Waals surface area contributed by atoms with Crippen LogP contribution in [0.2, 0.25) is 0 Å². The highest BCUT2D eigenvalue weighted by atomic mass is 16.5. The molecule has 3 heteroatoms. The van der Waals surface area contributed by atoms with Gasteiger partial charge in [-0.1, -0.05) is 26.2 Å². The van der Waals surface area contributed by atoms with E-state index in [1.807, 2.05) is 0 Å². The minimum absolute atomic E-state index is 0.365. The zero-order chi connectivity index (χ0) is 11.8. The molecule has 0 heterocycles. The maximum absolute atomic E-state index is 9.74. The number of hydrogen-bond acceptors (Lipinski definition) is 3. The van der Waals surface area contributed by atoms with E-state index in [4.69, 9.17) is 4.74 Å². The van der Waals surface area contributed by atoms with Crippen LogP contribution < -0.4 is 5.32 Å². The summed E-state index contributed by atoms with van der Waals surface area (Å²) in [6.45, 7) is 5.40. The molecule has 0 aromatic carbocycles. The fourth-order valence-corrected chi connectivity index (χ4v) is 2.02. The van der Waals surface area contributed by atoms with Crippen LogP contribution in [0.4, 0.5) is 0 Å². The standard InChI is InChI=1S/C13H27NO2/c1-3-11(2)14-9-12(15)10-16-13-7-5-4-6-8-13/h11-15H,3-10H2,1-2H3. The first-order valence-corrected chi connectivity index (χ1v) is 6.75. The Labute approximate surface area is 99.6 Å². The summed E-state index contributed by atoms with van der Waals surface area (Å²) in [6, 6.07) is 0.476. The van der Waals surface area contributed by atoms with E-state index in [2.05, 4.69) is 19.2 Å². The number of ether oxygens (including phenoxy) is 1. The van der Waals surface area contributed by atoms with Gasteiger partial charge in [-0.2, -0.15) is 0 Å². The van der Waals surface area contributed by atoms with Gasteiger partial charge in [0.05, 0.1) is 18.8 Å². The third kappa shape index (κ3) is 5.83. The zero-order valence-corrected chi connectivity index (χ0v) is 10.7. The molecule has 0 aromatic heterocycles. The van der Waals surface area contributed by atoms with Crippen LogP contribution in [-0.4, -0.2) is 36.5 Å². The molecule has 0 bridgehead atoms. The molecule has 0 saturated heterocycles. The molecule has 3 nitrogen and oxygen atoms in total. The van der Waals surface area contributed by atoms with E-state index in [1.54, 1.807) is 0 Å². The van der Waals surface area contributed by atoms with Crippen LogP contribution in [0.5, 0.6) is 0 Å². The van der Waals surface area contributed by atoms with Crippen molar-refractivity contribution < 1.29 is 9.84 Å². The van der Waals surface area contributed by atoms with Gasteiger partial charge in [-0.25, -0.2) is 0 Å². The van der Waals surface area contributed by atoms with Gasteiger partial charge in [-0.3, -0.25) is 0 Å². The van der Waals surface area contributed by atoms with Crippen molar-refractivity contribution in [3.05, 3.63) is 0 Å². The second-order valence-electron chi connectivity index (χ2n) is 4.96. The largest absolute Gasteiger partial charge is 0.389 e. The summed E-state index contributed by atoms with van der Waals surface area (Å²) in [5.74, 6) is 0. The molecule has 0 amide bonds. The Hall–Kier alpha value is -0.120. The molecule has 0 spiro atoms. The van der Waals surface area contributed by atoms with Crippen molar-refractivity contribution in [3.8, 4) is 0 Å². The van der Waals surface area contributed by atoms with E-state index in [-0.39, 0.29) is 6.10 Å². The number of nitrogens with one attached hydrogen (secondary N) is 1. The van der Waals surface area contributed by atoms with Gasteiger partial charge >= 0.3 is 0 Å². The summed E-state index contributed by atoms with van der Waals surface area (Å²) in [5.41, 5.74) is 0. The van der Waals surface area contributed by atoms with E-state index < -0.39 is 0 Å². The summed E-state index contributed by atoms with van der Waals surface area (Å²) < 4.78 is 5.72. The number of aliphatic hydroxyl groups excluding tert-OH is 1. The molecular formula is C13H27NO2. The summed E-state index contributed by atoms with van der Waals surface area (Å²) in [6.07, 6.45) is 7.38. The molecule has 2 unspecified atom stereocenters.